The van der Waals surface area contributed by atoms with E-state index in [0.29, 0.717) is 5.84 Å². The van der Waals surface area contributed by atoms with Crippen molar-refractivity contribution in [3.05, 3.63) is 60.1 Å². The monoisotopic (exact) mass is 213 g/mol. The van der Waals surface area contributed by atoms with E-state index in [0.717, 1.165) is 11.1 Å². The Hall–Kier alpha value is -2.36. The van der Waals surface area contributed by atoms with Crippen LogP contribution in [0.3, 0.4) is 0 Å². The molecule has 0 aliphatic carbocycles. The van der Waals surface area contributed by atoms with Gasteiger partial charge in [0.15, 0.2) is 5.84 Å². The van der Waals surface area contributed by atoms with Crippen LogP contribution in [0.2, 0.25) is 0 Å². The summed E-state index contributed by atoms with van der Waals surface area (Å²) in [6.45, 7) is 0. The summed E-state index contributed by atoms with van der Waals surface area (Å²) < 4.78 is 4.89. The van der Waals surface area contributed by atoms with Gasteiger partial charge in [-0.25, -0.2) is 0 Å². The van der Waals surface area contributed by atoms with Crippen molar-refractivity contribution in [2.45, 2.75) is 0 Å². The van der Waals surface area contributed by atoms with E-state index in [1.54, 1.807) is 24.8 Å². The highest BCUT2D eigenvalue weighted by atomic mass is 16.3. The zero-order valence-electron chi connectivity index (χ0n) is 8.58. The van der Waals surface area contributed by atoms with Gasteiger partial charge in [0, 0.05) is 11.1 Å². The number of hydrogen-bond acceptors (Lipinski definition) is 3. The molecule has 0 aliphatic rings. The van der Waals surface area contributed by atoms with E-state index in [4.69, 9.17) is 10.2 Å². The molecule has 0 saturated heterocycles. The number of nitrogens with zero attached hydrogens (tertiary/aromatic N) is 2. The van der Waals surface area contributed by atoms with Crippen molar-refractivity contribution >= 4 is 12.1 Å². The number of amidine groups is 1. The first kappa shape index (κ1) is 10.2. The van der Waals surface area contributed by atoms with E-state index < -0.39 is 0 Å². The van der Waals surface area contributed by atoms with Crippen LogP contribution in [-0.4, -0.2) is 12.1 Å². The first-order chi connectivity index (χ1) is 7.86. The molecular weight excluding hydrogens is 202 g/mol. The summed E-state index contributed by atoms with van der Waals surface area (Å²) in [5.74, 6) is 0.389. The molecule has 1 aromatic carbocycles. The van der Waals surface area contributed by atoms with Gasteiger partial charge < -0.3 is 10.2 Å². The number of benzene rings is 1. The molecule has 4 heteroatoms. The lowest BCUT2D eigenvalue weighted by molar-refractivity contribution is 0.567. The molecule has 16 heavy (non-hydrogen) atoms. The van der Waals surface area contributed by atoms with E-state index in [2.05, 4.69) is 10.2 Å². The van der Waals surface area contributed by atoms with E-state index >= 15 is 0 Å². The summed E-state index contributed by atoms with van der Waals surface area (Å²) in [4.78, 5) is 0. The van der Waals surface area contributed by atoms with E-state index in [9.17, 15) is 0 Å². The average molecular weight is 213 g/mol. The maximum absolute atomic E-state index is 5.75. The van der Waals surface area contributed by atoms with Crippen LogP contribution in [-0.2, 0) is 0 Å². The molecule has 2 rings (SSSR count). The second-order valence-electron chi connectivity index (χ2n) is 3.15. The minimum absolute atomic E-state index is 0.389. The third-order valence-electron chi connectivity index (χ3n) is 1.99. The fraction of sp³-hybridized carbons (Fsp3) is 0. The van der Waals surface area contributed by atoms with Crippen LogP contribution in [0.15, 0.2) is 63.5 Å². The van der Waals surface area contributed by atoms with Crippen molar-refractivity contribution in [1.82, 2.24) is 0 Å². The third-order valence-corrected chi connectivity index (χ3v) is 1.99. The zero-order chi connectivity index (χ0) is 11.2. The number of nitrogens with two attached hydrogens (primary N) is 1. The van der Waals surface area contributed by atoms with Gasteiger partial charge in [-0.2, -0.15) is 5.10 Å². The Labute approximate surface area is 93.1 Å². The second kappa shape index (κ2) is 4.93. The molecule has 80 valence electrons. The van der Waals surface area contributed by atoms with Crippen molar-refractivity contribution in [3.63, 3.8) is 0 Å². The molecule has 0 spiro atoms. The molecule has 0 radical (unpaired) electrons. The van der Waals surface area contributed by atoms with Gasteiger partial charge in [0.1, 0.15) is 0 Å². The number of furan rings is 1. The second-order valence-corrected chi connectivity index (χ2v) is 3.15. The number of hydrogen-bond donors (Lipinski definition) is 1. The lowest BCUT2D eigenvalue weighted by atomic mass is 10.2. The molecular formula is C12H11N3O. The van der Waals surface area contributed by atoms with E-state index in [1.165, 1.54) is 0 Å². The molecule has 0 bridgehead atoms. The van der Waals surface area contributed by atoms with Crippen LogP contribution in [0.5, 0.6) is 0 Å². The average Bonchev–Trinajstić information content (AvgIpc) is 2.83. The summed E-state index contributed by atoms with van der Waals surface area (Å²) in [5.41, 5.74) is 7.45. The Balaban J connectivity index is 2.08. The van der Waals surface area contributed by atoms with Crippen molar-refractivity contribution in [2.75, 3.05) is 0 Å². The van der Waals surface area contributed by atoms with Crippen LogP contribution in [0.1, 0.15) is 11.1 Å². The van der Waals surface area contributed by atoms with Gasteiger partial charge in [-0.05, 0) is 6.07 Å². The smallest absolute Gasteiger partial charge is 0.153 e. The Morgan fingerprint density at radius 1 is 1.19 bits per heavy atom. The molecule has 2 N–H and O–H groups in total. The summed E-state index contributed by atoms with van der Waals surface area (Å²) >= 11 is 0. The minimum Gasteiger partial charge on any atom is -0.472 e. The lowest BCUT2D eigenvalue weighted by Crippen LogP contribution is -2.12. The third kappa shape index (κ3) is 2.57. The summed E-state index contributed by atoms with van der Waals surface area (Å²) in [7, 11) is 0. The van der Waals surface area contributed by atoms with Gasteiger partial charge in [-0.3, -0.25) is 0 Å². The van der Waals surface area contributed by atoms with Crippen LogP contribution < -0.4 is 5.73 Å². The molecule has 0 saturated carbocycles. The molecule has 1 aromatic heterocycles. The Bertz CT molecular complexity index is 486. The van der Waals surface area contributed by atoms with Crippen molar-refractivity contribution in [3.8, 4) is 0 Å². The topological polar surface area (TPSA) is 63.9 Å². The normalized spacial score (nSPS) is 12.1. The van der Waals surface area contributed by atoms with Gasteiger partial charge >= 0.3 is 0 Å². The molecule has 0 amide bonds. The first-order valence-electron chi connectivity index (χ1n) is 4.80. The van der Waals surface area contributed by atoms with Gasteiger partial charge in [-0.1, -0.05) is 30.3 Å². The van der Waals surface area contributed by atoms with Crippen LogP contribution in [0.4, 0.5) is 0 Å². The highest BCUT2D eigenvalue weighted by molar-refractivity contribution is 5.97. The van der Waals surface area contributed by atoms with Gasteiger partial charge in [0.05, 0.1) is 18.7 Å². The minimum atomic E-state index is 0.389. The fourth-order valence-electron chi connectivity index (χ4n) is 1.17. The molecule has 2 aromatic rings. The van der Waals surface area contributed by atoms with Crippen molar-refractivity contribution in [1.29, 1.82) is 0 Å². The van der Waals surface area contributed by atoms with E-state index in [1.807, 2.05) is 30.3 Å². The van der Waals surface area contributed by atoms with E-state index in [-0.39, 0.29) is 0 Å². The highest BCUT2D eigenvalue weighted by Gasteiger charge is 1.94. The predicted molar refractivity (Wildman–Crippen MR) is 63.5 cm³/mol. The van der Waals surface area contributed by atoms with Gasteiger partial charge in [0.2, 0.25) is 0 Å². The number of rotatable bonds is 3. The zero-order valence-corrected chi connectivity index (χ0v) is 8.58. The molecule has 1 heterocycles. The molecule has 0 fully saturated rings. The maximum Gasteiger partial charge on any atom is 0.153 e. The fourth-order valence-corrected chi connectivity index (χ4v) is 1.17. The standard InChI is InChI=1S/C12H11N3O/c13-12(11-4-2-1-3-5-11)15-14-8-10-6-7-16-9-10/h1-9H,(H2,13,15). The lowest BCUT2D eigenvalue weighted by Gasteiger charge is -1.95. The van der Waals surface area contributed by atoms with Crippen molar-refractivity contribution in [2.24, 2.45) is 15.9 Å². The van der Waals surface area contributed by atoms with Crippen LogP contribution in [0, 0.1) is 0 Å². The van der Waals surface area contributed by atoms with Gasteiger partial charge in [-0.15, -0.1) is 5.10 Å². The Morgan fingerprint density at radius 3 is 2.69 bits per heavy atom. The summed E-state index contributed by atoms with van der Waals surface area (Å²) in [6.07, 6.45) is 4.74. The molecule has 0 aliphatic heterocycles. The predicted octanol–water partition coefficient (Wildman–Crippen LogP) is 2.02. The van der Waals surface area contributed by atoms with Crippen LogP contribution in [0.25, 0.3) is 0 Å². The van der Waals surface area contributed by atoms with Crippen molar-refractivity contribution < 1.29 is 4.42 Å². The van der Waals surface area contributed by atoms with Crippen LogP contribution >= 0.6 is 0 Å². The quantitative estimate of drug-likeness (QED) is 0.481. The maximum atomic E-state index is 5.75. The Morgan fingerprint density at radius 2 is 2.00 bits per heavy atom. The largest absolute Gasteiger partial charge is 0.472 e. The summed E-state index contributed by atoms with van der Waals surface area (Å²) in [5, 5.41) is 7.76. The highest BCUT2D eigenvalue weighted by Crippen LogP contribution is 1.99. The Kier molecular flexibility index (Phi) is 3.13. The molecule has 0 atom stereocenters. The molecule has 0 unspecified atom stereocenters. The SMILES string of the molecule is NC(=NN=Cc1ccoc1)c1ccccc1. The first-order valence-corrected chi connectivity index (χ1v) is 4.80. The molecule has 4 nitrogen and oxygen atoms in total. The summed E-state index contributed by atoms with van der Waals surface area (Å²) in [6, 6.07) is 11.3. The van der Waals surface area contributed by atoms with Gasteiger partial charge in [0.25, 0.3) is 0 Å².